The van der Waals surface area contributed by atoms with Crippen molar-refractivity contribution in [1.29, 1.82) is 5.26 Å². The van der Waals surface area contributed by atoms with E-state index in [-0.39, 0.29) is 5.82 Å². The number of nitrogen functional groups attached to an aromatic ring is 1. The van der Waals surface area contributed by atoms with Gasteiger partial charge < -0.3 is 10.5 Å². The number of aromatic nitrogens is 3. The summed E-state index contributed by atoms with van der Waals surface area (Å²) in [7, 11) is 1.60. The normalized spacial score (nSPS) is 10.8. The van der Waals surface area contributed by atoms with Crippen LogP contribution in [0.25, 0.3) is 16.8 Å². The van der Waals surface area contributed by atoms with Crippen LogP contribution in [0.1, 0.15) is 11.3 Å². The topological polar surface area (TPSA) is 89.2 Å². The Labute approximate surface area is 135 Å². The number of halogens is 1. The molecule has 0 aliphatic heterocycles. The third kappa shape index (κ3) is 2.32. The molecule has 0 saturated heterocycles. The largest absolute Gasteiger partial charge is 0.382 e. The molecular weight excluding hydrogens is 346 g/mol. The molecule has 0 spiro atoms. The molecule has 6 nitrogen and oxygen atoms in total. The fraction of sp³-hybridized carbons (Fsp3) is 0.133. The van der Waals surface area contributed by atoms with Gasteiger partial charge >= 0.3 is 0 Å². The first-order chi connectivity index (χ1) is 10.7. The van der Waals surface area contributed by atoms with Gasteiger partial charge in [0.05, 0.1) is 24.1 Å². The van der Waals surface area contributed by atoms with E-state index in [1.54, 1.807) is 7.11 Å². The molecule has 7 heteroatoms. The van der Waals surface area contributed by atoms with Gasteiger partial charge in [0.1, 0.15) is 17.5 Å². The van der Waals surface area contributed by atoms with Crippen LogP contribution < -0.4 is 5.73 Å². The maximum Gasteiger partial charge on any atom is 0.165 e. The summed E-state index contributed by atoms with van der Waals surface area (Å²) in [5.74, 6) is 0.271. The second-order valence-electron chi connectivity index (χ2n) is 4.67. The Morgan fingerprint density at radius 3 is 2.73 bits per heavy atom. The van der Waals surface area contributed by atoms with Crippen LogP contribution in [0.15, 0.2) is 34.9 Å². The van der Waals surface area contributed by atoms with Crippen molar-refractivity contribution in [3.05, 3.63) is 46.2 Å². The molecule has 0 unspecified atom stereocenters. The monoisotopic (exact) mass is 357 g/mol. The van der Waals surface area contributed by atoms with Gasteiger partial charge in [-0.05, 0) is 17.7 Å². The molecule has 0 aliphatic carbocycles. The Bertz CT molecular complexity index is 880. The van der Waals surface area contributed by atoms with E-state index in [4.69, 9.17) is 15.7 Å². The number of anilines is 1. The van der Waals surface area contributed by atoms with Gasteiger partial charge in [-0.1, -0.05) is 28.1 Å². The summed E-state index contributed by atoms with van der Waals surface area (Å²) in [6, 6.07) is 9.84. The lowest BCUT2D eigenvalue weighted by atomic mass is 10.1. The van der Waals surface area contributed by atoms with Gasteiger partial charge in [-0.25, -0.2) is 4.98 Å². The number of ether oxygens (including phenoxy) is 1. The predicted molar refractivity (Wildman–Crippen MR) is 86.0 cm³/mol. The number of nitrogens with two attached hydrogens (primary N) is 1. The van der Waals surface area contributed by atoms with Gasteiger partial charge in [-0.15, -0.1) is 0 Å². The van der Waals surface area contributed by atoms with Crippen LogP contribution >= 0.6 is 15.9 Å². The Morgan fingerprint density at radius 2 is 2.09 bits per heavy atom. The summed E-state index contributed by atoms with van der Waals surface area (Å²) in [5.41, 5.74) is 9.43. The molecule has 1 aromatic carbocycles. The SMILES string of the molecule is COCc1nn2c(N)c(C#N)cnc2c1-c1ccc(Br)cc1. The Hall–Kier alpha value is -2.43. The van der Waals surface area contributed by atoms with E-state index in [0.717, 1.165) is 21.3 Å². The Balaban J connectivity index is 2.31. The average Bonchev–Trinajstić information content (AvgIpc) is 2.88. The van der Waals surface area contributed by atoms with Crippen LogP contribution in [0.4, 0.5) is 5.82 Å². The molecule has 0 aliphatic rings. The number of hydrogen-bond donors (Lipinski definition) is 1. The number of hydrogen-bond acceptors (Lipinski definition) is 5. The second kappa shape index (κ2) is 5.75. The third-order valence-electron chi connectivity index (χ3n) is 3.29. The molecule has 0 fully saturated rings. The number of rotatable bonds is 3. The van der Waals surface area contributed by atoms with Crippen LogP contribution in [0.5, 0.6) is 0 Å². The van der Waals surface area contributed by atoms with E-state index in [0.29, 0.717) is 17.8 Å². The molecule has 2 aromatic heterocycles. The molecule has 3 rings (SSSR count). The highest BCUT2D eigenvalue weighted by atomic mass is 79.9. The zero-order valence-electron chi connectivity index (χ0n) is 11.7. The number of nitrogens with zero attached hydrogens (tertiary/aromatic N) is 4. The van der Waals surface area contributed by atoms with Crippen molar-refractivity contribution < 1.29 is 4.74 Å². The second-order valence-corrected chi connectivity index (χ2v) is 5.58. The van der Waals surface area contributed by atoms with Crippen LogP contribution in [-0.4, -0.2) is 21.7 Å². The molecule has 0 amide bonds. The summed E-state index contributed by atoms with van der Waals surface area (Å²) in [4.78, 5) is 4.35. The minimum Gasteiger partial charge on any atom is -0.382 e. The number of methoxy groups -OCH3 is 1. The van der Waals surface area contributed by atoms with Crippen molar-refractivity contribution in [3.8, 4) is 17.2 Å². The summed E-state index contributed by atoms with van der Waals surface area (Å²) in [5, 5.41) is 13.5. The van der Waals surface area contributed by atoms with E-state index in [1.807, 2.05) is 30.3 Å². The number of benzene rings is 1. The van der Waals surface area contributed by atoms with E-state index < -0.39 is 0 Å². The van der Waals surface area contributed by atoms with Crippen molar-refractivity contribution in [2.75, 3.05) is 12.8 Å². The molecular formula is C15H12BrN5O. The van der Waals surface area contributed by atoms with Crippen molar-refractivity contribution in [3.63, 3.8) is 0 Å². The molecule has 0 bridgehead atoms. The van der Waals surface area contributed by atoms with E-state index >= 15 is 0 Å². The summed E-state index contributed by atoms with van der Waals surface area (Å²) in [6.45, 7) is 0.329. The van der Waals surface area contributed by atoms with Gasteiger partial charge in [0.15, 0.2) is 5.65 Å². The summed E-state index contributed by atoms with van der Waals surface area (Å²) >= 11 is 3.42. The lowest BCUT2D eigenvalue weighted by Crippen LogP contribution is -2.03. The van der Waals surface area contributed by atoms with E-state index in [9.17, 15) is 0 Å². The highest BCUT2D eigenvalue weighted by molar-refractivity contribution is 9.10. The first-order valence-corrected chi connectivity index (χ1v) is 7.26. The molecule has 0 atom stereocenters. The maximum absolute atomic E-state index is 9.06. The highest BCUT2D eigenvalue weighted by Gasteiger charge is 2.18. The van der Waals surface area contributed by atoms with Gasteiger partial charge in [0, 0.05) is 11.6 Å². The molecule has 110 valence electrons. The zero-order chi connectivity index (χ0) is 15.7. The highest BCUT2D eigenvalue weighted by Crippen LogP contribution is 2.30. The minimum atomic E-state index is 0.271. The van der Waals surface area contributed by atoms with Crippen molar-refractivity contribution in [2.24, 2.45) is 0 Å². The zero-order valence-corrected chi connectivity index (χ0v) is 13.3. The van der Waals surface area contributed by atoms with Gasteiger partial charge in [0.25, 0.3) is 0 Å². The molecule has 3 aromatic rings. The maximum atomic E-state index is 9.06. The summed E-state index contributed by atoms with van der Waals surface area (Å²) in [6.07, 6.45) is 1.46. The van der Waals surface area contributed by atoms with Crippen molar-refractivity contribution >= 4 is 27.4 Å². The van der Waals surface area contributed by atoms with Crippen LogP contribution in [0, 0.1) is 11.3 Å². The molecule has 2 heterocycles. The van der Waals surface area contributed by atoms with Gasteiger partial charge in [-0.3, -0.25) is 0 Å². The lowest BCUT2D eigenvalue weighted by molar-refractivity contribution is 0.181. The molecule has 22 heavy (non-hydrogen) atoms. The van der Waals surface area contributed by atoms with E-state index in [2.05, 4.69) is 26.0 Å². The first kappa shape index (κ1) is 14.5. The first-order valence-electron chi connectivity index (χ1n) is 6.46. The number of fused-ring (bicyclic) bond motifs is 1. The van der Waals surface area contributed by atoms with Crippen LogP contribution in [0.3, 0.4) is 0 Å². The van der Waals surface area contributed by atoms with Crippen LogP contribution in [-0.2, 0) is 11.3 Å². The Kier molecular flexibility index (Phi) is 3.79. The predicted octanol–water partition coefficient (Wildman–Crippen LogP) is 2.76. The van der Waals surface area contributed by atoms with Gasteiger partial charge in [-0.2, -0.15) is 14.9 Å². The average molecular weight is 358 g/mol. The third-order valence-corrected chi connectivity index (χ3v) is 3.82. The minimum absolute atomic E-state index is 0.271. The quantitative estimate of drug-likeness (QED) is 0.778. The van der Waals surface area contributed by atoms with Crippen molar-refractivity contribution in [1.82, 2.24) is 14.6 Å². The lowest BCUT2D eigenvalue weighted by Gasteiger charge is -2.03. The Morgan fingerprint density at radius 1 is 1.36 bits per heavy atom. The molecule has 2 N–H and O–H groups in total. The van der Waals surface area contributed by atoms with Gasteiger partial charge in [0.2, 0.25) is 0 Å². The van der Waals surface area contributed by atoms with Crippen LogP contribution in [0.2, 0.25) is 0 Å². The standard InChI is InChI=1S/C15H12BrN5O/c1-22-8-12-13(9-2-4-11(16)5-3-9)15-19-7-10(6-17)14(18)21(15)20-12/h2-5,7H,8,18H2,1H3. The smallest absolute Gasteiger partial charge is 0.165 e. The fourth-order valence-corrected chi connectivity index (χ4v) is 2.55. The molecule has 0 radical (unpaired) electrons. The molecule has 0 saturated carbocycles. The van der Waals surface area contributed by atoms with Crippen molar-refractivity contribution in [2.45, 2.75) is 6.61 Å². The van der Waals surface area contributed by atoms with E-state index in [1.165, 1.54) is 10.7 Å². The fourth-order valence-electron chi connectivity index (χ4n) is 2.28. The summed E-state index contributed by atoms with van der Waals surface area (Å²) < 4.78 is 7.70. The number of nitriles is 1.